The summed E-state index contributed by atoms with van der Waals surface area (Å²) >= 11 is 1.98. The van der Waals surface area contributed by atoms with Crippen molar-refractivity contribution in [1.82, 2.24) is 63.3 Å². The Morgan fingerprint density at radius 2 is 0.750 bits per heavy atom. The van der Waals surface area contributed by atoms with Crippen LogP contribution < -0.4 is 19.6 Å². The molecule has 100 heavy (non-hydrogen) atoms. The Kier molecular flexibility index (Phi) is 30.5. The van der Waals surface area contributed by atoms with Gasteiger partial charge in [0.1, 0.15) is 0 Å². The number of nitrogens with zero attached hydrogens (tertiary/aromatic N) is 17. The van der Waals surface area contributed by atoms with Crippen molar-refractivity contribution < 1.29 is 136 Å². The summed E-state index contributed by atoms with van der Waals surface area (Å²) in [5.41, 5.74) is 8.47. The van der Waals surface area contributed by atoms with Gasteiger partial charge in [0.25, 0.3) is 0 Å². The van der Waals surface area contributed by atoms with E-state index in [4.69, 9.17) is 24.7 Å². The number of rotatable bonds is 8. The largest absolute Gasteiger partial charge is 0.414 e. The smallest absolute Gasteiger partial charge is 0.154 e. The third-order valence-corrected chi connectivity index (χ3v) is 19.2. The Morgan fingerprint density at radius 1 is 0.420 bits per heavy atom. The summed E-state index contributed by atoms with van der Waals surface area (Å²) in [5, 5.41) is 17.8. The average Bonchev–Trinajstić information content (AvgIpc) is 1.57. The first-order chi connectivity index (χ1) is 44.3. The van der Waals surface area contributed by atoms with Crippen LogP contribution in [0.4, 0.5) is 23.3 Å². The van der Waals surface area contributed by atoms with Crippen LogP contribution in [-0.4, -0.2) is 153 Å². The Labute approximate surface area is 707 Å². The van der Waals surface area contributed by atoms with Gasteiger partial charge in [-0.05, 0) is 138 Å². The molecule has 18 nitrogen and oxygen atoms in total. The second kappa shape index (κ2) is 34.3. The summed E-state index contributed by atoms with van der Waals surface area (Å²) in [6.07, 6.45) is 28.4. The molecule has 1 saturated carbocycles. The summed E-state index contributed by atoms with van der Waals surface area (Å²) in [7, 11) is 0. The van der Waals surface area contributed by atoms with E-state index >= 15 is 0 Å². The summed E-state index contributed by atoms with van der Waals surface area (Å²) in [6, 6.07) is 14.8. The molecule has 11 heterocycles. The van der Waals surface area contributed by atoms with Crippen LogP contribution in [0.2, 0.25) is 0 Å². The summed E-state index contributed by atoms with van der Waals surface area (Å²) < 4.78 is 12.9. The van der Waals surface area contributed by atoms with Crippen molar-refractivity contribution in [1.29, 1.82) is 0 Å². The molecule has 23 heteroatoms. The zero-order valence-corrected chi connectivity index (χ0v) is 78.0. The van der Waals surface area contributed by atoms with Crippen molar-refractivity contribution in [3.63, 3.8) is 0 Å². The van der Waals surface area contributed by atoms with Crippen LogP contribution in [-0.2, 0) is 157 Å². The topological polar surface area (TPSA) is 146 Å². The minimum Gasteiger partial charge on any atom is -0.414 e. The van der Waals surface area contributed by atoms with Crippen molar-refractivity contribution in [3.05, 3.63) is 122 Å². The van der Waals surface area contributed by atoms with Crippen molar-refractivity contribution >= 4 is 57.6 Å². The number of hydrogen-bond acceptors (Lipinski definition) is 15. The van der Waals surface area contributed by atoms with Crippen LogP contribution in [0.25, 0.3) is 22.6 Å². The molecule has 0 aromatic carbocycles. The van der Waals surface area contributed by atoms with E-state index in [-0.39, 0.29) is 186 Å². The fraction of sp³-hybridized carbons (Fsp3) is 0.636. The first kappa shape index (κ1) is 89.0. The molecule has 3 saturated heterocycles. The van der Waals surface area contributed by atoms with Gasteiger partial charge in [-0.2, -0.15) is 38.6 Å². The van der Waals surface area contributed by atoms with Crippen LogP contribution in [0.15, 0.2) is 49.6 Å². The van der Waals surface area contributed by atoms with E-state index in [0.29, 0.717) is 31.3 Å². The molecule has 8 aromatic rings. The number of thioether (sulfide) groups is 1. The van der Waals surface area contributed by atoms with Gasteiger partial charge in [-0.1, -0.05) is 150 Å². The number of ether oxygens (including phenoxy) is 1. The van der Waals surface area contributed by atoms with Gasteiger partial charge in [0, 0.05) is 187 Å². The van der Waals surface area contributed by atoms with Gasteiger partial charge >= 0.3 is 0 Å². The Bertz CT molecular complexity index is 3600. The van der Waals surface area contributed by atoms with Gasteiger partial charge in [0.2, 0.25) is 0 Å². The van der Waals surface area contributed by atoms with E-state index < -0.39 is 0 Å². The minimum absolute atomic E-state index is 0. The standard InChI is InChI=1S/C22H35N5.C19H28N4.C18H26N4O.C18H26N4S.4Y/c1-20(2,3)17-14-23-26-13-11-18(24-19(17)26)27(22(7,8)9)16-10-12-25(15-16)21(4,5)6;1-18(2,3)15-13-20-22-12-11-16(21-17(15)22)23(19(4,5)6)14-9-7-8-10-14;2*1-17(2,3)14-11-19-21-9-7-15(20-16(14)21)22(18(4,5)6)13-8-10-23-12-13;;;;/h10,13-14,16H,12,15H2,1-9H3;9,12-14H,7-8,10H2,1-6H3;2*8-9,11,13H,10,12H2,1-6H3;;;;/q4*-2;;;;. The Hall–Kier alpha value is -1.63. The van der Waals surface area contributed by atoms with Gasteiger partial charge in [-0.3, -0.25) is 57.3 Å². The molecule has 0 N–H and O–H groups in total. The van der Waals surface area contributed by atoms with Crippen molar-refractivity contribution in [2.45, 2.75) is 280 Å². The molecule has 12 rings (SSSR count). The van der Waals surface area contributed by atoms with Crippen LogP contribution in [0.5, 0.6) is 0 Å². The molecule has 0 bridgehead atoms. The van der Waals surface area contributed by atoms with Crippen molar-refractivity contribution in [3.8, 4) is 0 Å². The molecule has 4 aliphatic rings. The molecule has 0 amide bonds. The van der Waals surface area contributed by atoms with E-state index in [2.05, 4.69) is 282 Å². The van der Waals surface area contributed by atoms with Crippen molar-refractivity contribution in [2.75, 3.05) is 57.4 Å². The molecule has 0 spiro atoms. The summed E-state index contributed by atoms with van der Waals surface area (Å²) in [5.74, 6) is 5.82. The molecule has 1 aliphatic carbocycles. The molecule has 4 fully saturated rings. The first-order valence-corrected chi connectivity index (χ1v) is 35.9. The van der Waals surface area contributed by atoms with E-state index in [1.807, 2.05) is 74.9 Å². The maximum Gasteiger partial charge on any atom is 0.154 e. The second-order valence-electron chi connectivity index (χ2n) is 35.6. The molecule has 3 aliphatic heterocycles. The SMILES string of the molecule is CC(C)(C)c1cnn2c[c-]c(N(C3[CH-]CCC3)C(C)(C)C)nc12.CC(C)(C)c1cnn2c[c-]c(N(C3[CH-]CN(C(C)(C)C)C3)C(C)(C)C)nc12.CC(C)(C)c1cnn2c[c-]c(N(C3[CH-]COC3)C(C)(C)C)nc12.CC(C)(C)c1cnn2c[c-]c(N(C3[CH-]CSC3)C(C)(C)C)nc12.[Y].[Y].[Y].[Y]. The fourth-order valence-corrected chi connectivity index (χ4v) is 14.4. The molecule has 4 radical (unpaired) electrons. The fourth-order valence-electron chi connectivity index (χ4n) is 13.3. The number of aromatic nitrogens is 12. The average molecular weight is 1680 g/mol. The predicted molar refractivity (Wildman–Crippen MR) is 397 cm³/mol. The zero-order chi connectivity index (χ0) is 70.7. The first-order valence-electron chi connectivity index (χ1n) is 34.8. The van der Waals surface area contributed by atoms with Crippen LogP contribution in [0.1, 0.15) is 228 Å². The second-order valence-corrected chi connectivity index (χ2v) is 36.7. The number of hydrogen-bond donors (Lipinski definition) is 0. The quantitative estimate of drug-likeness (QED) is 0.133. The maximum atomic E-state index is 5.55. The molecular weight excluding hydrogens is 1570 g/mol. The van der Waals surface area contributed by atoms with Gasteiger partial charge < -0.3 is 59.9 Å². The molecular formula is C77H115N17OSY4-8. The maximum absolute atomic E-state index is 5.55. The predicted octanol–water partition coefficient (Wildman–Crippen LogP) is 15.1. The molecule has 4 atom stereocenters. The van der Waals surface area contributed by atoms with E-state index in [1.165, 1.54) is 36.0 Å². The van der Waals surface area contributed by atoms with E-state index in [0.717, 1.165) is 76.0 Å². The van der Waals surface area contributed by atoms with Crippen LogP contribution in [0.3, 0.4) is 0 Å². The monoisotopic (exact) mass is 1680 g/mol. The summed E-state index contributed by atoms with van der Waals surface area (Å²) in [4.78, 5) is 31.9. The normalized spacial score (nSPS) is 18.8. The Balaban J connectivity index is 0.000000238. The third-order valence-electron chi connectivity index (χ3n) is 18.2. The number of likely N-dealkylation sites (tertiary alicyclic amines) is 1. The van der Waals surface area contributed by atoms with E-state index in [9.17, 15) is 0 Å². The third kappa shape index (κ3) is 21.4. The van der Waals surface area contributed by atoms with Crippen molar-refractivity contribution in [2.24, 2.45) is 0 Å². The van der Waals surface area contributed by atoms with Gasteiger partial charge in [0.15, 0.2) is 22.6 Å². The number of fused-ring (bicyclic) bond motifs is 4. The van der Waals surface area contributed by atoms with Crippen LogP contribution in [0, 0.1) is 49.9 Å². The molecule has 4 unspecified atom stereocenters. The Morgan fingerprint density at radius 3 is 1.01 bits per heavy atom. The molecule has 540 valence electrons. The zero-order valence-electron chi connectivity index (χ0n) is 65.8. The van der Waals surface area contributed by atoms with Gasteiger partial charge in [-0.25, -0.2) is 0 Å². The minimum atomic E-state index is -0.0708. The van der Waals surface area contributed by atoms with E-state index in [1.54, 1.807) is 4.52 Å². The van der Waals surface area contributed by atoms with Gasteiger partial charge in [-0.15, -0.1) is 37.1 Å². The van der Waals surface area contributed by atoms with Gasteiger partial charge in [0.05, 0.1) is 24.8 Å². The van der Waals surface area contributed by atoms with Crippen LogP contribution >= 0.6 is 11.8 Å². The molecule has 8 aromatic heterocycles. The number of anilines is 4. The summed E-state index contributed by atoms with van der Waals surface area (Å²) in [6.45, 7) is 63.4.